The highest BCUT2D eigenvalue weighted by Gasteiger charge is 2.13. The second-order valence-electron chi connectivity index (χ2n) is 3.61. The molecular weight excluding hydrogens is 136 g/mol. The zero-order valence-corrected chi connectivity index (χ0v) is 7.90. The third kappa shape index (κ3) is 6.32. The first kappa shape index (κ1) is 10.9. The predicted molar refractivity (Wildman–Crippen MR) is 50.4 cm³/mol. The molecule has 2 heteroatoms. The molecule has 0 fully saturated rings. The Morgan fingerprint density at radius 1 is 1.18 bits per heavy atom. The van der Waals surface area contributed by atoms with Gasteiger partial charge < -0.3 is 11.5 Å². The maximum Gasteiger partial charge on any atom is 0.0123 e. The highest BCUT2D eigenvalue weighted by molar-refractivity contribution is 4.75. The van der Waals surface area contributed by atoms with Crippen molar-refractivity contribution in [2.45, 2.75) is 51.5 Å². The molecule has 0 rings (SSSR count). The van der Waals surface area contributed by atoms with E-state index in [9.17, 15) is 0 Å². The molecule has 0 radical (unpaired) electrons. The van der Waals surface area contributed by atoms with Crippen LogP contribution in [0.4, 0.5) is 0 Å². The van der Waals surface area contributed by atoms with Gasteiger partial charge in [0.15, 0.2) is 0 Å². The lowest BCUT2D eigenvalue weighted by Crippen LogP contribution is -2.34. The van der Waals surface area contributed by atoms with Crippen LogP contribution in [0.1, 0.15) is 46.0 Å². The van der Waals surface area contributed by atoms with Crippen LogP contribution in [0.2, 0.25) is 0 Å². The third-order valence-electron chi connectivity index (χ3n) is 2.26. The Kier molecular flexibility index (Phi) is 5.51. The maximum atomic E-state index is 5.97. The highest BCUT2D eigenvalue weighted by atomic mass is 14.7. The van der Waals surface area contributed by atoms with Gasteiger partial charge in [-0.25, -0.2) is 0 Å². The Bertz CT molecular complexity index is 89.6. The number of nitrogens with two attached hydrogens (primary N) is 2. The normalized spacial score (nSPS) is 16.4. The molecule has 0 aliphatic carbocycles. The molecule has 68 valence electrons. The second-order valence-corrected chi connectivity index (χ2v) is 3.61. The van der Waals surface area contributed by atoms with Crippen LogP contribution in [0.3, 0.4) is 0 Å². The minimum Gasteiger partial charge on any atom is -0.330 e. The lowest BCUT2D eigenvalue weighted by molar-refractivity contribution is 0.397. The molecule has 0 bridgehead atoms. The summed E-state index contributed by atoms with van der Waals surface area (Å²) in [5.41, 5.74) is 11.4. The molecule has 0 aromatic carbocycles. The van der Waals surface area contributed by atoms with Gasteiger partial charge in [0.25, 0.3) is 0 Å². The van der Waals surface area contributed by atoms with Crippen molar-refractivity contribution in [2.75, 3.05) is 6.54 Å². The van der Waals surface area contributed by atoms with Gasteiger partial charge in [0.1, 0.15) is 0 Å². The summed E-state index contributed by atoms with van der Waals surface area (Å²) < 4.78 is 0. The molecule has 1 unspecified atom stereocenters. The second kappa shape index (κ2) is 5.56. The number of unbranched alkanes of at least 4 members (excludes halogenated alkanes) is 2. The monoisotopic (exact) mass is 158 g/mol. The van der Waals surface area contributed by atoms with E-state index in [1.54, 1.807) is 0 Å². The minimum atomic E-state index is 0.0502. The molecule has 0 amide bonds. The summed E-state index contributed by atoms with van der Waals surface area (Å²) in [6, 6.07) is 0. The lowest BCUT2D eigenvalue weighted by atomic mass is 9.93. The van der Waals surface area contributed by atoms with Crippen LogP contribution in [-0.4, -0.2) is 12.1 Å². The van der Waals surface area contributed by atoms with Crippen molar-refractivity contribution < 1.29 is 0 Å². The fourth-order valence-corrected chi connectivity index (χ4v) is 1.03. The Morgan fingerprint density at radius 3 is 2.27 bits per heavy atom. The summed E-state index contributed by atoms with van der Waals surface area (Å²) in [7, 11) is 0. The van der Waals surface area contributed by atoms with Crippen molar-refractivity contribution in [3.8, 4) is 0 Å². The van der Waals surface area contributed by atoms with Crippen LogP contribution in [0, 0.1) is 0 Å². The minimum absolute atomic E-state index is 0.0502. The van der Waals surface area contributed by atoms with Crippen molar-refractivity contribution in [2.24, 2.45) is 11.5 Å². The molecule has 11 heavy (non-hydrogen) atoms. The fraction of sp³-hybridized carbons (Fsp3) is 1.00. The molecule has 0 spiro atoms. The van der Waals surface area contributed by atoms with Gasteiger partial charge in [0, 0.05) is 5.54 Å². The quantitative estimate of drug-likeness (QED) is 0.577. The lowest BCUT2D eigenvalue weighted by Gasteiger charge is -2.22. The van der Waals surface area contributed by atoms with E-state index in [1.165, 1.54) is 12.8 Å². The van der Waals surface area contributed by atoms with E-state index in [2.05, 4.69) is 13.8 Å². The summed E-state index contributed by atoms with van der Waals surface area (Å²) in [6.07, 6.45) is 5.78. The van der Waals surface area contributed by atoms with Crippen LogP contribution < -0.4 is 11.5 Å². The SMILES string of the molecule is CCC(C)(N)CCCCCN. The maximum absolute atomic E-state index is 5.97. The molecule has 1 atom stereocenters. The zero-order valence-electron chi connectivity index (χ0n) is 7.90. The van der Waals surface area contributed by atoms with E-state index < -0.39 is 0 Å². The Hall–Kier alpha value is -0.0800. The van der Waals surface area contributed by atoms with Gasteiger partial charge in [0.2, 0.25) is 0 Å². The van der Waals surface area contributed by atoms with Crippen molar-refractivity contribution in [3.05, 3.63) is 0 Å². The topological polar surface area (TPSA) is 52.0 Å². The molecule has 0 aromatic heterocycles. The van der Waals surface area contributed by atoms with Gasteiger partial charge >= 0.3 is 0 Å². The van der Waals surface area contributed by atoms with Gasteiger partial charge in [-0.2, -0.15) is 0 Å². The zero-order chi connectivity index (χ0) is 8.74. The predicted octanol–water partition coefficient (Wildman–Crippen LogP) is 1.63. The number of hydrogen-bond acceptors (Lipinski definition) is 2. The third-order valence-corrected chi connectivity index (χ3v) is 2.26. The Morgan fingerprint density at radius 2 is 1.82 bits per heavy atom. The van der Waals surface area contributed by atoms with E-state index in [0.29, 0.717) is 0 Å². The van der Waals surface area contributed by atoms with Gasteiger partial charge in [0.05, 0.1) is 0 Å². The smallest absolute Gasteiger partial charge is 0.0123 e. The van der Waals surface area contributed by atoms with Crippen molar-refractivity contribution in [1.82, 2.24) is 0 Å². The molecule has 2 nitrogen and oxygen atoms in total. The van der Waals surface area contributed by atoms with Crippen LogP contribution in [-0.2, 0) is 0 Å². The van der Waals surface area contributed by atoms with Crippen LogP contribution in [0.25, 0.3) is 0 Å². The van der Waals surface area contributed by atoms with Crippen molar-refractivity contribution >= 4 is 0 Å². The first-order valence-corrected chi connectivity index (χ1v) is 4.61. The van der Waals surface area contributed by atoms with Gasteiger partial charge in [-0.05, 0) is 32.7 Å². The van der Waals surface area contributed by atoms with E-state index in [0.717, 1.165) is 25.8 Å². The van der Waals surface area contributed by atoms with E-state index >= 15 is 0 Å². The van der Waals surface area contributed by atoms with E-state index in [-0.39, 0.29) is 5.54 Å². The Labute approximate surface area is 70.3 Å². The van der Waals surface area contributed by atoms with E-state index in [1.807, 2.05) is 0 Å². The van der Waals surface area contributed by atoms with Crippen LogP contribution >= 0.6 is 0 Å². The van der Waals surface area contributed by atoms with Crippen LogP contribution in [0.5, 0.6) is 0 Å². The van der Waals surface area contributed by atoms with Crippen molar-refractivity contribution in [3.63, 3.8) is 0 Å². The Balaban J connectivity index is 3.23. The average molecular weight is 158 g/mol. The van der Waals surface area contributed by atoms with Gasteiger partial charge in [-0.3, -0.25) is 0 Å². The highest BCUT2D eigenvalue weighted by Crippen LogP contribution is 2.14. The number of hydrogen-bond donors (Lipinski definition) is 2. The largest absolute Gasteiger partial charge is 0.330 e. The molecule has 4 N–H and O–H groups in total. The summed E-state index contributed by atoms with van der Waals surface area (Å²) >= 11 is 0. The fourth-order valence-electron chi connectivity index (χ4n) is 1.03. The van der Waals surface area contributed by atoms with Crippen molar-refractivity contribution in [1.29, 1.82) is 0 Å². The molecule has 0 aromatic rings. The molecule has 0 saturated heterocycles. The molecule has 0 aliphatic heterocycles. The van der Waals surface area contributed by atoms with Gasteiger partial charge in [-0.15, -0.1) is 0 Å². The van der Waals surface area contributed by atoms with Crippen LogP contribution in [0.15, 0.2) is 0 Å². The summed E-state index contributed by atoms with van der Waals surface area (Å²) in [5, 5.41) is 0. The standard InChI is InChI=1S/C9H22N2/c1-3-9(2,11)7-5-4-6-8-10/h3-8,10-11H2,1-2H3. The number of rotatable bonds is 6. The summed E-state index contributed by atoms with van der Waals surface area (Å²) in [6.45, 7) is 5.08. The first-order valence-electron chi connectivity index (χ1n) is 4.61. The first-order chi connectivity index (χ1) is 5.12. The van der Waals surface area contributed by atoms with Gasteiger partial charge in [-0.1, -0.05) is 19.8 Å². The molecular formula is C9H22N2. The summed E-state index contributed by atoms with van der Waals surface area (Å²) in [4.78, 5) is 0. The average Bonchev–Trinajstić information content (AvgIpc) is 1.99. The molecule has 0 heterocycles. The summed E-state index contributed by atoms with van der Waals surface area (Å²) in [5.74, 6) is 0. The molecule has 0 saturated carbocycles. The molecule has 0 aliphatic rings. The van der Waals surface area contributed by atoms with E-state index in [4.69, 9.17) is 11.5 Å².